The van der Waals surface area contributed by atoms with Crippen LogP contribution in [0, 0.1) is 6.92 Å². The third-order valence-electron chi connectivity index (χ3n) is 4.26. The van der Waals surface area contributed by atoms with Crippen molar-refractivity contribution < 1.29 is 0 Å². The second-order valence-corrected chi connectivity index (χ2v) is 6.55. The highest BCUT2D eigenvalue weighted by atomic mass is 15.2. The van der Waals surface area contributed by atoms with E-state index < -0.39 is 0 Å². The van der Waals surface area contributed by atoms with Crippen molar-refractivity contribution in [1.29, 1.82) is 0 Å². The largest absolute Gasteiger partial charge is 0.371 e. The molecule has 0 amide bonds. The molecule has 0 aromatic heterocycles. The number of anilines is 1. The fraction of sp³-hybridized carbons (Fsp3) is 0.647. The van der Waals surface area contributed by atoms with E-state index in [1.165, 1.54) is 42.7 Å². The Morgan fingerprint density at radius 3 is 2.30 bits per heavy atom. The zero-order chi connectivity index (χ0) is 14.7. The van der Waals surface area contributed by atoms with E-state index in [1.54, 1.807) is 0 Å². The summed E-state index contributed by atoms with van der Waals surface area (Å²) in [5.41, 5.74) is 4.24. The highest BCUT2D eigenvalue weighted by Gasteiger charge is 2.22. The SMILES string of the molecule is Cc1ccc(N2CCC(N(C)C)CC2)c(CN(C)C)c1. The van der Waals surface area contributed by atoms with Crippen molar-refractivity contribution in [2.24, 2.45) is 0 Å². The lowest BCUT2D eigenvalue weighted by Gasteiger charge is -2.37. The molecule has 1 fully saturated rings. The van der Waals surface area contributed by atoms with E-state index in [9.17, 15) is 0 Å². The van der Waals surface area contributed by atoms with Gasteiger partial charge in [0.05, 0.1) is 0 Å². The highest BCUT2D eigenvalue weighted by molar-refractivity contribution is 5.55. The molecule has 3 nitrogen and oxygen atoms in total. The summed E-state index contributed by atoms with van der Waals surface area (Å²) in [5.74, 6) is 0. The smallest absolute Gasteiger partial charge is 0.0412 e. The fourth-order valence-corrected chi connectivity index (χ4v) is 3.11. The van der Waals surface area contributed by atoms with Gasteiger partial charge >= 0.3 is 0 Å². The molecule has 0 spiro atoms. The molecular formula is C17H29N3. The average Bonchev–Trinajstić information content (AvgIpc) is 2.38. The van der Waals surface area contributed by atoms with E-state index in [4.69, 9.17) is 0 Å². The van der Waals surface area contributed by atoms with Crippen molar-refractivity contribution >= 4 is 5.69 Å². The van der Waals surface area contributed by atoms with Crippen LogP contribution in [0.1, 0.15) is 24.0 Å². The summed E-state index contributed by atoms with van der Waals surface area (Å²) in [6.45, 7) is 5.55. The molecule has 2 rings (SSSR count). The maximum atomic E-state index is 2.57. The monoisotopic (exact) mass is 275 g/mol. The van der Waals surface area contributed by atoms with Crippen LogP contribution < -0.4 is 4.90 Å². The number of rotatable bonds is 4. The summed E-state index contributed by atoms with van der Waals surface area (Å²) in [7, 11) is 8.68. The van der Waals surface area contributed by atoms with E-state index in [2.05, 4.69) is 68.0 Å². The summed E-state index contributed by atoms with van der Waals surface area (Å²) >= 11 is 0. The first-order valence-electron chi connectivity index (χ1n) is 7.63. The predicted octanol–water partition coefficient (Wildman–Crippen LogP) is 2.59. The Bertz CT molecular complexity index is 432. The molecule has 3 heteroatoms. The van der Waals surface area contributed by atoms with Crippen LogP contribution in [0.25, 0.3) is 0 Å². The molecule has 112 valence electrons. The lowest BCUT2D eigenvalue weighted by atomic mass is 10.0. The maximum absolute atomic E-state index is 2.57. The topological polar surface area (TPSA) is 9.72 Å². The number of benzene rings is 1. The van der Waals surface area contributed by atoms with E-state index in [0.717, 1.165) is 12.6 Å². The van der Waals surface area contributed by atoms with Crippen LogP contribution in [0.2, 0.25) is 0 Å². The standard InChI is InChI=1S/C17H29N3/c1-14-6-7-17(15(12-14)13-18(2)3)20-10-8-16(9-11-20)19(4)5/h6-7,12,16H,8-11,13H2,1-5H3. The van der Waals surface area contributed by atoms with Crippen molar-refractivity contribution in [3.63, 3.8) is 0 Å². The van der Waals surface area contributed by atoms with Crippen molar-refractivity contribution in [1.82, 2.24) is 9.80 Å². The molecule has 1 aromatic carbocycles. The molecule has 0 bridgehead atoms. The minimum Gasteiger partial charge on any atom is -0.371 e. The zero-order valence-corrected chi connectivity index (χ0v) is 13.7. The number of aryl methyl sites for hydroxylation is 1. The van der Waals surface area contributed by atoms with Gasteiger partial charge in [0.15, 0.2) is 0 Å². The Morgan fingerprint density at radius 2 is 1.75 bits per heavy atom. The first kappa shape index (κ1) is 15.3. The molecule has 0 radical (unpaired) electrons. The Balaban J connectivity index is 2.13. The molecule has 1 aliphatic rings. The molecule has 0 aliphatic carbocycles. The van der Waals surface area contributed by atoms with Gasteiger partial charge in [0, 0.05) is 31.4 Å². The fourth-order valence-electron chi connectivity index (χ4n) is 3.11. The maximum Gasteiger partial charge on any atom is 0.0412 e. The van der Waals surface area contributed by atoms with Gasteiger partial charge in [-0.15, -0.1) is 0 Å². The van der Waals surface area contributed by atoms with Gasteiger partial charge in [-0.05, 0) is 59.6 Å². The Kier molecular flexibility index (Phi) is 5.06. The summed E-state index contributed by atoms with van der Waals surface area (Å²) in [6, 6.07) is 7.64. The van der Waals surface area contributed by atoms with Crippen LogP contribution in [0.15, 0.2) is 18.2 Å². The number of nitrogens with zero attached hydrogens (tertiary/aromatic N) is 3. The number of piperidine rings is 1. The van der Waals surface area contributed by atoms with Crippen molar-refractivity contribution in [3.05, 3.63) is 29.3 Å². The van der Waals surface area contributed by atoms with Gasteiger partial charge in [0.1, 0.15) is 0 Å². The molecule has 0 saturated carbocycles. The molecule has 1 aliphatic heterocycles. The van der Waals surface area contributed by atoms with Crippen LogP contribution >= 0.6 is 0 Å². The van der Waals surface area contributed by atoms with Crippen LogP contribution in [0.5, 0.6) is 0 Å². The molecule has 0 atom stereocenters. The second kappa shape index (κ2) is 6.59. The third kappa shape index (κ3) is 3.74. The van der Waals surface area contributed by atoms with Gasteiger partial charge in [-0.3, -0.25) is 0 Å². The van der Waals surface area contributed by atoms with Crippen molar-refractivity contribution in [2.75, 3.05) is 46.2 Å². The van der Waals surface area contributed by atoms with E-state index in [1.807, 2.05) is 0 Å². The Morgan fingerprint density at radius 1 is 1.10 bits per heavy atom. The predicted molar refractivity (Wildman–Crippen MR) is 87.5 cm³/mol. The zero-order valence-electron chi connectivity index (χ0n) is 13.7. The van der Waals surface area contributed by atoms with E-state index >= 15 is 0 Å². The van der Waals surface area contributed by atoms with Crippen LogP contribution in [-0.4, -0.2) is 57.1 Å². The lowest BCUT2D eigenvalue weighted by molar-refractivity contribution is 0.249. The number of hydrogen-bond donors (Lipinski definition) is 0. The average molecular weight is 275 g/mol. The first-order chi connectivity index (χ1) is 9.47. The molecule has 0 unspecified atom stereocenters. The minimum atomic E-state index is 0.744. The summed E-state index contributed by atoms with van der Waals surface area (Å²) in [5, 5.41) is 0. The van der Waals surface area contributed by atoms with Crippen molar-refractivity contribution in [3.8, 4) is 0 Å². The summed E-state index contributed by atoms with van der Waals surface area (Å²) < 4.78 is 0. The van der Waals surface area contributed by atoms with E-state index in [-0.39, 0.29) is 0 Å². The third-order valence-corrected chi connectivity index (χ3v) is 4.26. The van der Waals surface area contributed by atoms with E-state index in [0.29, 0.717) is 0 Å². The second-order valence-electron chi connectivity index (χ2n) is 6.55. The van der Waals surface area contributed by atoms with Crippen molar-refractivity contribution in [2.45, 2.75) is 32.4 Å². The lowest BCUT2D eigenvalue weighted by Crippen LogP contribution is -2.42. The van der Waals surface area contributed by atoms with Gasteiger partial charge in [-0.1, -0.05) is 17.7 Å². The highest BCUT2D eigenvalue weighted by Crippen LogP contribution is 2.27. The van der Waals surface area contributed by atoms with Gasteiger partial charge in [0.2, 0.25) is 0 Å². The molecule has 0 N–H and O–H groups in total. The quantitative estimate of drug-likeness (QED) is 0.836. The van der Waals surface area contributed by atoms with Gasteiger partial charge < -0.3 is 14.7 Å². The molecule has 1 aromatic rings. The number of hydrogen-bond acceptors (Lipinski definition) is 3. The van der Waals surface area contributed by atoms with Gasteiger partial charge in [-0.2, -0.15) is 0 Å². The molecular weight excluding hydrogens is 246 g/mol. The minimum absolute atomic E-state index is 0.744. The molecule has 1 heterocycles. The molecule has 20 heavy (non-hydrogen) atoms. The Hall–Kier alpha value is -1.06. The summed E-state index contributed by atoms with van der Waals surface area (Å²) in [6.07, 6.45) is 2.53. The van der Waals surface area contributed by atoms with Gasteiger partial charge in [-0.25, -0.2) is 0 Å². The Labute approximate surface area is 124 Å². The normalized spacial score (nSPS) is 17.2. The van der Waals surface area contributed by atoms with Crippen LogP contribution in [0.3, 0.4) is 0 Å². The van der Waals surface area contributed by atoms with Gasteiger partial charge in [0.25, 0.3) is 0 Å². The summed E-state index contributed by atoms with van der Waals surface area (Å²) in [4.78, 5) is 7.19. The molecule has 1 saturated heterocycles. The van der Waals surface area contributed by atoms with Crippen LogP contribution in [-0.2, 0) is 6.54 Å². The van der Waals surface area contributed by atoms with Crippen LogP contribution in [0.4, 0.5) is 5.69 Å². The first-order valence-corrected chi connectivity index (χ1v) is 7.63.